The fourth-order valence-electron chi connectivity index (χ4n) is 5.84. The van der Waals surface area contributed by atoms with Crippen molar-refractivity contribution in [2.24, 2.45) is 0 Å². The average Bonchev–Trinajstić information content (AvgIpc) is 3.56. The van der Waals surface area contributed by atoms with Gasteiger partial charge in [-0.1, -0.05) is 97.1 Å². The van der Waals surface area contributed by atoms with Gasteiger partial charge in [0.2, 0.25) is 0 Å². The van der Waals surface area contributed by atoms with E-state index in [0.717, 1.165) is 27.7 Å². The van der Waals surface area contributed by atoms with Crippen LogP contribution in [0.5, 0.6) is 0 Å². The fraction of sp³-hybridized carbons (Fsp3) is 0.154. The van der Waals surface area contributed by atoms with Crippen molar-refractivity contribution < 1.29 is 9.31 Å². The Morgan fingerprint density at radius 2 is 0.957 bits per heavy atom. The van der Waals surface area contributed by atoms with Crippen molar-refractivity contribution in [3.8, 4) is 45.3 Å². The van der Waals surface area contributed by atoms with E-state index >= 15 is 0 Å². The minimum atomic E-state index is -0.432. The molecule has 0 amide bonds. The Morgan fingerprint density at radius 1 is 0.478 bits per heavy atom. The Morgan fingerprint density at radius 3 is 1.61 bits per heavy atom. The molecule has 3 heterocycles. The van der Waals surface area contributed by atoms with Gasteiger partial charge in [0.25, 0.3) is 0 Å². The fourth-order valence-corrected chi connectivity index (χ4v) is 6.93. The molecule has 7 aromatic rings. The Kier molecular flexibility index (Phi) is 6.87. The summed E-state index contributed by atoms with van der Waals surface area (Å²) in [6.45, 7) is 8.27. The minimum Gasteiger partial charge on any atom is -0.399 e. The summed E-state index contributed by atoms with van der Waals surface area (Å²) in [5, 5.41) is 2.45. The molecule has 8 rings (SSSR count). The quantitative estimate of drug-likeness (QED) is 0.180. The lowest BCUT2D eigenvalue weighted by Crippen LogP contribution is -2.41. The van der Waals surface area contributed by atoms with Gasteiger partial charge in [0.1, 0.15) is 0 Å². The first-order valence-corrected chi connectivity index (χ1v) is 16.4. The molecule has 5 nitrogen and oxygen atoms in total. The van der Waals surface area contributed by atoms with Gasteiger partial charge in [-0.3, -0.25) is 0 Å². The third-order valence-electron chi connectivity index (χ3n) is 9.21. The van der Waals surface area contributed by atoms with Crippen LogP contribution in [-0.4, -0.2) is 33.3 Å². The largest absolute Gasteiger partial charge is 0.494 e. The molecule has 5 aromatic carbocycles. The summed E-state index contributed by atoms with van der Waals surface area (Å²) >= 11 is 1.80. The highest BCUT2D eigenvalue weighted by molar-refractivity contribution is 7.25. The van der Waals surface area contributed by atoms with E-state index in [0.29, 0.717) is 17.5 Å². The second-order valence-electron chi connectivity index (χ2n) is 12.8. The first kappa shape index (κ1) is 28.8. The smallest absolute Gasteiger partial charge is 0.399 e. The molecule has 0 unspecified atom stereocenters. The lowest BCUT2D eigenvalue weighted by molar-refractivity contribution is 0.00578. The lowest BCUT2D eigenvalue weighted by Gasteiger charge is -2.32. The molecule has 0 saturated carbocycles. The SMILES string of the molecule is CC1(C)OB(c2ccc(-c3nc(-c4ccc(-c5ccccc5)cc4)nc(-c4ccc5sc6ccccc6c5c4)n3)cc2)OC1(C)C. The van der Waals surface area contributed by atoms with Gasteiger partial charge in [-0.05, 0) is 68.6 Å². The lowest BCUT2D eigenvalue weighted by atomic mass is 9.79. The van der Waals surface area contributed by atoms with Gasteiger partial charge in [-0.2, -0.15) is 0 Å². The average molecular weight is 618 g/mol. The summed E-state index contributed by atoms with van der Waals surface area (Å²) in [5.41, 5.74) is 5.25. The zero-order valence-electron chi connectivity index (χ0n) is 26.2. The van der Waals surface area contributed by atoms with Crippen molar-refractivity contribution >= 4 is 44.1 Å². The van der Waals surface area contributed by atoms with E-state index in [9.17, 15) is 0 Å². The Labute approximate surface area is 273 Å². The van der Waals surface area contributed by atoms with Gasteiger partial charge in [-0.25, -0.2) is 15.0 Å². The number of nitrogens with zero attached hydrogens (tertiary/aromatic N) is 3. The van der Waals surface area contributed by atoms with E-state index in [-0.39, 0.29) is 0 Å². The molecule has 0 N–H and O–H groups in total. The van der Waals surface area contributed by atoms with Crippen molar-refractivity contribution in [2.75, 3.05) is 0 Å². The van der Waals surface area contributed by atoms with E-state index in [4.69, 9.17) is 24.3 Å². The van der Waals surface area contributed by atoms with Crippen molar-refractivity contribution in [3.63, 3.8) is 0 Å². The molecular weight excluding hydrogens is 585 g/mol. The van der Waals surface area contributed by atoms with Gasteiger partial charge in [0.05, 0.1) is 11.2 Å². The standard InChI is InChI=1S/C39H32BN3O2S/c1-38(2)39(3,4)45-40(44-38)30-21-18-28(19-22-30)36-41-35(27-16-14-26(15-17-27)25-10-6-5-7-11-25)42-37(43-36)29-20-23-34-32(24-29)31-12-8-9-13-33(31)46-34/h5-24H,1-4H3. The van der Waals surface area contributed by atoms with Crippen LogP contribution in [0.2, 0.25) is 0 Å². The molecule has 0 spiro atoms. The molecule has 1 aliphatic heterocycles. The summed E-state index contributed by atoms with van der Waals surface area (Å²) in [6, 6.07) is 42.0. The van der Waals surface area contributed by atoms with E-state index in [1.807, 2.05) is 30.3 Å². The zero-order chi connectivity index (χ0) is 31.5. The number of aromatic nitrogens is 3. The topological polar surface area (TPSA) is 57.1 Å². The first-order chi connectivity index (χ1) is 22.2. The molecule has 7 heteroatoms. The second kappa shape index (κ2) is 11.0. The number of rotatable bonds is 5. The highest BCUT2D eigenvalue weighted by Gasteiger charge is 2.51. The van der Waals surface area contributed by atoms with Gasteiger partial charge in [-0.15, -0.1) is 11.3 Å². The number of benzene rings is 5. The zero-order valence-corrected chi connectivity index (χ0v) is 27.0. The number of thiophene rings is 1. The van der Waals surface area contributed by atoms with Gasteiger partial charge >= 0.3 is 7.12 Å². The van der Waals surface area contributed by atoms with Crippen LogP contribution in [0.4, 0.5) is 0 Å². The van der Waals surface area contributed by atoms with Crippen molar-refractivity contribution in [3.05, 3.63) is 121 Å². The molecule has 0 radical (unpaired) electrons. The molecule has 1 saturated heterocycles. The molecule has 0 bridgehead atoms. The van der Waals surface area contributed by atoms with Crippen molar-refractivity contribution in [1.29, 1.82) is 0 Å². The maximum absolute atomic E-state index is 6.29. The Bertz CT molecular complexity index is 2200. The van der Waals surface area contributed by atoms with Crippen LogP contribution in [0.1, 0.15) is 27.7 Å². The molecule has 2 aromatic heterocycles. The van der Waals surface area contributed by atoms with Gasteiger partial charge in [0.15, 0.2) is 17.5 Å². The minimum absolute atomic E-state index is 0.403. The molecule has 224 valence electrons. The molecule has 0 aliphatic carbocycles. The highest BCUT2D eigenvalue weighted by atomic mass is 32.1. The van der Waals surface area contributed by atoms with E-state index in [1.54, 1.807) is 11.3 Å². The monoisotopic (exact) mass is 617 g/mol. The molecule has 0 atom stereocenters. The van der Waals surface area contributed by atoms with Crippen LogP contribution in [-0.2, 0) is 9.31 Å². The normalized spacial score (nSPS) is 15.5. The highest BCUT2D eigenvalue weighted by Crippen LogP contribution is 2.38. The molecule has 1 fully saturated rings. The van der Waals surface area contributed by atoms with E-state index in [1.165, 1.54) is 25.7 Å². The van der Waals surface area contributed by atoms with Crippen LogP contribution in [0, 0.1) is 0 Å². The maximum Gasteiger partial charge on any atom is 0.494 e. The maximum atomic E-state index is 6.29. The Balaban J connectivity index is 1.21. The van der Waals surface area contributed by atoms with Crippen LogP contribution >= 0.6 is 11.3 Å². The predicted octanol–water partition coefficient (Wildman–Crippen LogP) is 9.21. The van der Waals surface area contributed by atoms with E-state index in [2.05, 4.69) is 119 Å². The van der Waals surface area contributed by atoms with Crippen molar-refractivity contribution in [1.82, 2.24) is 15.0 Å². The van der Waals surface area contributed by atoms with Crippen molar-refractivity contribution in [2.45, 2.75) is 38.9 Å². The summed E-state index contributed by atoms with van der Waals surface area (Å²) in [6.07, 6.45) is 0. The third kappa shape index (κ3) is 5.11. The summed E-state index contributed by atoms with van der Waals surface area (Å²) in [4.78, 5) is 15.0. The Hall–Kier alpha value is -4.69. The van der Waals surface area contributed by atoms with Crippen LogP contribution in [0.25, 0.3) is 65.5 Å². The van der Waals surface area contributed by atoms with Crippen LogP contribution in [0.3, 0.4) is 0 Å². The van der Waals surface area contributed by atoms with Gasteiger partial charge < -0.3 is 9.31 Å². The van der Waals surface area contributed by atoms with Crippen LogP contribution in [0.15, 0.2) is 121 Å². The molecule has 1 aliphatic rings. The summed E-state index contributed by atoms with van der Waals surface area (Å²) < 4.78 is 15.1. The molecule has 46 heavy (non-hydrogen) atoms. The number of hydrogen-bond acceptors (Lipinski definition) is 6. The van der Waals surface area contributed by atoms with E-state index < -0.39 is 18.3 Å². The summed E-state index contributed by atoms with van der Waals surface area (Å²) in [5.74, 6) is 1.88. The predicted molar refractivity (Wildman–Crippen MR) is 190 cm³/mol. The number of hydrogen-bond donors (Lipinski definition) is 0. The third-order valence-corrected chi connectivity index (χ3v) is 10.4. The second-order valence-corrected chi connectivity index (χ2v) is 13.9. The first-order valence-electron chi connectivity index (χ1n) is 15.5. The number of fused-ring (bicyclic) bond motifs is 3. The van der Waals surface area contributed by atoms with Gasteiger partial charge in [0, 0.05) is 36.9 Å². The van der Waals surface area contributed by atoms with Crippen LogP contribution < -0.4 is 5.46 Å². The molecular formula is C39H32BN3O2S. The summed E-state index contributed by atoms with van der Waals surface area (Å²) in [7, 11) is -0.432.